The molecule has 0 unspecified atom stereocenters. The van der Waals surface area contributed by atoms with E-state index in [0.29, 0.717) is 23.4 Å². The van der Waals surface area contributed by atoms with E-state index in [-0.39, 0.29) is 10.8 Å². The Kier molecular flexibility index (Phi) is 5.54. The molecule has 2 aromatic carbocycles. The van der Waals surface area contributed by atoms with Crippen molar-refractivity contribution < 1.29 is 13.2 Å². The van der Waals surface area contributed by atoms with Crippen LogP contribution in [0, 0.1) is 4.77 Å². The molecule has 9 heteroatoms. The summed E-state index contributed by atoms with van der Waals surface area (Å²) in [6.45, 7) is 0.389. The van der Waals surface area contributed by atoms with E-state index >= 15 is 0 Å². The fourth-order valence-corrected chi connectivity index (χ4v) is 3.40. The number of para-hydroxylation sites is 1. The van der Waals surface area contributed by atoms with Gasteiger partial charge >= 0.3 is 0 Å². The van der Waals surface area contributed by atoms with Gasteiger partial charge in [-0.2, -0.15) is 0 Å². The third-order valence-electron chi connectivity index (χ3n) is 3.97. The van der Waals surface area contributed by atoms with E-state index in [4.69, 9.17) is 17.4 Å². The number of carbonyl (C=O) groups is 1. The minimum atomic E-state index is -3.70. The molecule has 0 saturated carbocycles. The Balaban J connectivity index is 1.66. The Morgan fingerprint density at radius 3 is 2.41 bits per heavy atom. The van der Waals surface area contributed by atoms with Gasteiger partial charge < -0.3 is 10.3 Å². The predicted molar refractivity (Wildman–Crippen MR) is 105 cm³/mol. The lowest BCUT2D eigenvalue weighted by Gasteiger charge is -2.09. The number of rotatable bonds is 6. The van der Waals surface area contributed by atoms with Crippen molar-refractivity contribution in [3.63, 3.8) is 0 Å². The van der Waals surface area contributed by atoms with Crippen molar-refractivity contribution in [3.8, 4) is 5.69 Å². The van der Waals surface area contributed by atoms with Gasteiger partial charge in [0.1, 0.15) is 5.69 Å². The number of imidazole rings is 1. The third kappa shape index (κ3) is 4.51. The van der Waals surface area contributed by atoms with Gasteiger partial charge in [-0.15, -0.1) is 0 Å². The Labute approximate surface area is 161 Å². The van der Waals surface area contributed by atoms with Crippen LogP contribution in [0.5, 0.6) is 0 Å². The predicted octanol–water partition coefficient (Wildman–Crippen LogP) is 2.15. The zero-order valence-corrected chi connectivity index (χ0v) is 15.9. The van der Waals surface area contributed by atoms with Crippen LogP contribution in [0.3, 0.4) is 0 Å². The number of nitrogens with one attached hydrogen (secondary N) is 2. The zero-order valence-electron chi connectivity index (χ0n) is 14.3. The third-order valence-corrected chi connectivity index (χ3v) is 5.20. The van der Waals surface area contributed by atoms with Gasteiger partial charge in [-0.1, -0.05) is 30.3 Å². The standard InChI is InChI=1S/C18H18N4O3S2/c19-27(24,25)15-8-6-13(7-9-15)10-11-20-17(23)16-12-21-18(26)22(16)14-4-2-1-3-5-14/h1-9,12H,10-11H2,(H,20,23)(H,21,26)(H2,19,24,25). The van der Waals surface area contributed by atoms with Crippen molar-refractivity contribution in [2.75, 3.05) is 6.54 Å². The van der Waals surface area contributed by atoms with Gasteiger partial charge in [-0.25, -0.2) is 13.6 Å². The highest BCUT2D eigenvalue weighted by molar-refractivity contribution is 7.89. The van der Waals surface area contributed by atoms with Gasteiger partial charge in [0, 0.05) is 18.4 Å². The fraction of sp³-hybridized carbons (Fsp3) is 0.111. The molecule has 0 atom stereocenters. The Bertz CT molecular complexity index is 1100. The first-order chi connectivity index (χ1) is 12.9. The molecule has 0 aliphatic carbocycles. The molecule has 1 aromatic heterocycles. The van der Waals surface area contributed by atoms with Crippen LogP contribution in [0.2, 0.25) is 0 Å². The summed E-state index contributed by atoms with van der Waals surface area (Å²) in [7, 11) is -3.70. The summed E-state index contributed by atoms with van der Waals surface area (Å²) in [5.41, 5.74) is 2.10. The Morgan fingerprint density at radius 1 is 1.11 bits per heavy atom. The molecule has 0 spiro atoms. The molecule has 27 heavy (non-hydrogen) atoms. The zero-order chi connectivity index (χ0) is 19.4. The van der Waals surface area contributed by atoms with Gasteiger partial charge in [0.25, 0.3) is 5.91 Å². The second-order valence-corrected chi connectivity index (χ2v) is 7.79. The minimum Gasteiger partial charge on any atom is -0.350 e. The molecule has 0 radical (unpaired) electrons. The Hall–Kier alpha value is -2.75. The topological polar surface area (TPSA) is 110 Å². The number of benzene rings is 2. The smallest absolute Gasteiger partial charge is 0.269 e. The number of carbonyl (C=O) groups excluding carboxylic acids is 1. The average Bonchev–Trinajstić information content (AvgIpc) is 3.03. The molecule has 1 amide bonds. The summed E-state index contributed by atoms with van der Waals surface area (Å²) in [5, 5.41) is 7.92. The second-order valence-electron chi connectivity index (χ2n) is 5.84. The summed E-state index contributed by atoms with van der Waals surface area (Å²) in [4.78, 5) is 15.5. The van der Waals surface area contributed by atoms with E-state index in [0.717, 1.165) is 11.3 Å². The van der Waals surface area contributed by atoms with Gasteiger partial charge in [-0.05, 0) is 48.5 Å². The Morgan fingerprint density at radius 2 is 1.78 bits per heavy atom. The first-order valence-corrected chi connectivity index (χ1v) is 10.1. The lowest BCUT2D eigenvalue weighted by Crippen LogP contribution is -2.27. The highest BCUT2D eigenvalue weighted by atomic mass is 32.2. The summed E-state index contributed by atoms with van der Waals surface area (Å²) < 4.78 is 24.6. The lowest BCUT2D eigenvalue weighted by atomic mass is 10.1. The molecule has 0 saturated heterocycles. The molecule has 0 aliphatic rings. The summed E-state index contributed by atoms with van der Waals surface area (Å²) in [6.07, 6.45) is 2.12. The number of hydrogen-bond donors (Lipinski definition) is 3. The average molecular weight is 403 g/mol. The number of primary sulfonamides is 1. The van der Waals surface area contributed by atoms with Crippen LogP contribution in [0.15, 0.2) is 65.7 Å². The highest BCUT2D eigenvalue weighted by Gasteiger charge is 2.14. The number of aromatic amines is 1. The molecule has 0 aliphatic heterocycles. The monoisotopic (exact) mass is 402 g/mol. The number of amides is 1. The van der Waals surface area contributed by atoms with Crippen molar-refractivity contribution in [2.24, 2.45) is 5.14 Å². The van der Waals surface area contributed by atoms with Crippen LogP contribution < -0.4 is 10.5 Å². The van der Waals surface area contributed by atoms with Crippen molar-refractivity contribution in [2.45, 2.75) is 11.3 Å². The van der Waals surface area contributed by atoms with E-state index in [1.807, 2.05) is 30.3 Å². The molecule has 3 rings (SSSR count). The number of H-pyrrole nitrogens is 1. The molecular weight excluding hydrogens is 384 g/mol. The number of nitrogens with two attached hydrogens (primary N) is 1. The van der Waals surface area contributed by atoms with Gasteiger partial charge in [0.05, 0.1) is 4.90 Å². The maximum atomic E-state index is 12.5. The fourth-order valence-electron chi connectivity index (χ4n) is 2.63. The van der Waals surface area contributed by atoms with Gasteiger partial charge in [-0.3, -0.25) is 9.36 Å². The van der Waals surface area contributed by atoms with Crippen LogP contribution in [-0.2, 0) is 16.4 Å². The van der Waals surface area contributed by atoms with Crippen LogP contribution in [-0.4, -0.2) is 30.4 Å². The first kappa shape index (κ1) is 19.0. The molecule has 1 heterocycles. The van der Waals surface area contributed by atoms with E-state index in [2.05, 4.69) is 10.3 Å². The number of sulfonamides is 1. The van der Waals surface area contributed by atoms with E-state index in [9.17, 15) is 13.2 Å². The van der Waals surface area contributed by atoms with E-state index in [1.54, 1.807) is 22.9 Å². The first-order valence-electron chi connectivity index (χ1n) is 8.12. The van der Waals surface area contributed by atoms with Gasteiger partial charge in [0.2, 0.25) is 10.0 Å². The normalized spacial score (nSPS) is 11.3. The van der Waals surface area contributed by atoms with Crippen LogP contribution in [0.25, 0.3) is 5.69 Å². The van der Waals surface area contributed by atoms with Crippen LogP contribution in [0.4, 0.5) is 0 Å². The maximum absolute atomic E-state index is 12.5. The van der Waals surface area contributed by atoms with Crippen molar-refractivity contribution >= 4 is 28.1 Å². The molecule has 7 nitrogen and oxygen atoms in total. The number of hydrogen-bond acceptors (Lipinski definition) is 4. The highest BCUT2D eigenvalue weighted by Crippen LogP contribution is 2.13. The van der Waals surface area contributed by atoms with Gasteiger partial charge in [0.15, 0.2) is 4.77 Å². The lowest BCUT2D eigenvalue weighted by molar-refractivity contribution is 0.0947. The number of nitrogens with zero attached hydrogens (tertiary/aromatic N) is 1. The molecular formula is C18H18N4O3S2. The summed E-state index contributed by atoms with van der Waals surface area (Å²) in [5.74, 6) is -0.257. The van der Waals surface area contributed by atoms with Crippen LogP contribution >= 0.6 is 12.2 Å². The van der Waals surface area contributed by atoms with Crippen molar-refractivity contribution in [3.05, 3.63) is 76.8 Å². The van der Waals surface area contributed by atoms with E-state index < -0.39 is 10.0 Å². The quantitative estimate of drug-likeness (QED) is 0.549. The minimum absolute atomic E-state index is 0.0597. The van der Waals surface area contributed by atoms with Crippen molar-refractivity contribution in [1.29, 1.82) is 0 Å². The number of aromatic nitrogens is 2. The summed E-state index contributed by atoms with van der Waals surface area (Å²) in [6, 6.07) is 15.6. The summed E-state index contributed by atoms with van der Waals surface area (Å²) >= 11 is 5.27. The molecule has 140 valence electrons. The van der Waals surface area contributed by atoms with E-state index in [1.165, 1.54) is 12.1 Å². The van der Waals surface area contributed by atoms with Crippen molar-refractivity contribution in [1.82, 2.24) is 14.9 Å². The largest absolute Gasteiger partial charge is 0.350 e. The molecule has 0 fully saturated rings. The van der Waals surface area contributed by atoms with Crippen LogP contribution in [0.1, 0.15) is 16.1 Å². The molecule has 3 aromatic rings. The second kappa shape index (κ2) is 7.87. The maximum Gasteiger partial charge on any atom is 0.269 e. The molecule has 4 N–H and O–H groups in total. The SMILES string of the molecule is NS(=O)(=O)c1ccc(CCNC(=O)c2c[nH]c(=S)n2-c2ccccc2)cc1. The molecule has 0 bridgehead atoms.